The van der Waals surface area contributed by atoms with Gasteiger partial charge in [0.05, 0.1) is 18.4 Å². The fourth-order valence-corrected chi connectivity index (χ4v) is 3.63. The average Bonchev–Trinajstić information content (AvgIpc) is 2.72. The number of pyridine rings is 1. The van der Waals surface area contributed by atoms with Crippen LogP contribution in [0.1, 0.15) is 16.4 Å². The summed E-state index contributed by atoms with van der Waals surface area (Å²) in [6.45, 7) is 0. The zero-order valence-electron chi connectivity index (χ0n) is 14.5. The number of nitriles is 1. The van der Waals surface area contributed by atoms with Crippen molar-refractivity contribution in [1.82, 2.24) is 4.98 Å². The average molecular weight is 376 g/mol. The summed E-state index contributed by atoms with van der Waals surface area (Å²) in [5.74, 6) is -0.330. The van der Waals surface area contributed by atoms with Gasteiger partial charge in [0.2, 0.25) is 0 Å². The molecule has 27 heavy (non-hydrogen) atoms. The maximum atomic E-state index is 11.8. The molecule has 0 aliphatic carbocycles. The van der Waals surface area contributed by atoms with Crippen LogP contribution >= 0.6 is 11.8 Å². The van der Waals surface area contributed by atoms with Crippen LogP contribution in [0.3, 0.4) is 0 Å². The minimum Gasteiger partial charge on any atom is -0.496 e. The molecule has 5 nitrogen and oxygen atoms in total. The number of hydrogen-bond donors (Lipinski definition) is 1. The Morgan fingerprint density at radius 2 is 1.81 bits per heavy atom. The van der Waals surface area contributed by atoms with Crippen molar-refractivity contribution in [2.45, 2.75) is 10.3 Å². The molecule has 1 unspecified atom stereocenters. The molecule has 0 bridgehead atoms. The second kappa shape index (κ2) is 8.39. The van der Waals surface area contributed by atoms with Crippen LogP contribution < -0.4 is 4.74 Å². The summed E-state index contributed by atoms with van der Waals surface area (Å²) < 4.78 is 5.38. The van der Waals surface area contributed by atoms with Crippen LogP contribution in [0.2, 0.25) is 0 Å². The van der Waals surface area contributed by atoms with E-state index in [1.807, 2.05) is 30.3 Å². The van der Waals surface area contributed by atoms with E-state index in [1.165, 1.54) is 0 Å². The van der Waals surface area contributed by atoms with Gasteiger partial charge in [0.15, 0.2) is 0 Å². The predicted octanol–water partition coefficient (Wildman–Crippen LogP) is 4.55. The highest BCUT2D eigenvalue weighted by atomic mass is 32.2. The third-order valence-electron chi connectivity index (χ3n) is 3.92. The van der Waals surface area contributed by atoms with Gasteiger partial charge in [0.25, 0.3) is 0 Å². The molecule has 1 N–H and O–H groups in total. The molecule has 0 saturated carbocycles. The van der Waals surface area contributed by atoms with Gasteiger partial charge in [-0.05, 0) is 29.8 Å². The Hall–Kier alpha value is -3.30. The summed E-state index contributed by atoms with van der Waals surface area (Å²) in [5.41, 5.74) is 2.37. The molecule has 0 amide bonds. The van der Waals surface area contributed by atoms with Crippen molar-refractivity contribution in [2.75, 3.05) is 7.11 Å². The van der Waals surface area contributed by atoms with Crippen LogP contribution in [-0.4, -0.2) is 23.2 Å². The van der Waals surface area contributed by atoms with Gasteiger partial charge in [0.1, 0.15) is 22.1 Å². The number of thioether (sulfide) groups is 1. The maximum Gasteiger partial charge on any atom is 0.321 e. The van der Waals surface area contributed by atoms with Crippen LogP contribution in [0.4, 0.5) is 0 Å². The predicted molar refractivity (Wildman–Crippen MR) is 104 cm³/mol. The first-order valence-corrected chi connectivity index (χ1v) is 9.01. The number of methoxy groups -OCH3 is 1. The molecule has 1 aromatic heterocycles. The summed E-state index contributed by atoms with van der Waals surface area (Å²) in [6.07, 6.45) is 0. The Labute approximate surface area is 161 Å². The van der Waals surface area contributed by atoms with Gasteiger partial charge in [-0.3, -0.25) is 4.79 Å². The van der Waals surface area contributed by atoms with Crippen LogP contribution in [-0.2, 0) is 4.79 Å². The molecule has 6 heteroatoms. The van der Waals surface area contributed by atoms with Gasteiger partial charge in [-0.25, -0.2) is 4.98 Å². The van der Waals surface area contributed by atoms with Crippen LogP contribution in [0, 0.1) is 11.3 Å². The molecule has 3 aromatic rings. The molecule has 3 rings (SSSR count). The lowest BCUT2D eigenvalue weighted by atomic mass is 10.1. The first kappa shape index (κ1) is 18.5. The van der Waals surface area contributed by atoms with Crippen molar-refractivity contribution in [3.63, 3.8) is 0 Å². The highest BCUT2D eigenvalue weighted by Crippen LogP contribution is 2.38. The van der Waals surface area contributed by atoms with Crippen LogP contribution in [0.15, 0.2) is 71.8 Å². The minimum absolute atomic E-state index is 0.334. The highest BCUT2D eigenvalue weighted by Gasteiger charge is 2.24. The van der Waals surface area contributed by atoms with Crippen molar-refractivity contribution in [2.24, 2.45) is 0 Å². The molecule has 0 fully saturated rings. The topological polar surface area (TPSA) is 83.2 Å². The zero-order chi connectivity index (χ0) is 19.2. The molecular formula is C21H16N2O3S. The summed E-state index contributed by atoms with van der Waals surface area (Å²) in [7, 11) is 1.58. The molecule has 1 atom stereocenters. The number of rotatable bonds is 6. The summed E-state index contributed by atoms with van der Waals surface area (Å²) in [4.78, 5) is 16.4. The van der Waals surface area contributed by atoms with E-state index in [9.17, 15) is 15.2 Å². The van der Waals surface area contributed by atoms with E-state index >= 15 is 0 Å². The van der Waals surface area contributed by atoms with Crippen molar-refractivity contribution >= 4 is 17.7 Å². The molecule has 0 aliphatic heterocycles. The van der Waals surface area contributed by atoms with Gasteiger partial charge in [-0.15, -0.1) is 0 Å². The van der Waals surface area contributed by atoms with E-state index in [4.69, 9.17) is 4.74 Å². The fraction of sp³-hybridized carbons (Fsp3) is 0.0952. The lowest BCUT2D eigenvalue weighted by Gasteiger charge is -2.14. The Bertz CT molecular complexity index is 1000. The first-order chi connectivity index (χ1) is 13.1. The summed E-state index contributed by atoms with van der Waals surface area (Å²) in [5, 5.41) is 18.6. The number of carboxylic acids is 1. The van der Waals surface area contributed by atoms with Gasteiger partial charge in [-0.1, -0.05) is 54.2 Å². The van der Waals surface area contributed by atoms with E-state index in [0.717, 1.165) is 17.3 Å². The molecule has 134 valence electrons. The van der Waals surface area contributed by atoms with Crippen molar-refractivity contribution in [3.8, 4) is 23.1 Å². The number of aliphatic carboxylic acids is 1. The van der Waals surface area contributed by atoms with Crippen LogP contribution in [0.5, 0.6) is 5.75 Å². The smallest absolute Gasteiger partial charge is 0.321 e. The standard InChI is InChI=1S/C21H16N2O3S/c1-26-18-10-6-5-9-16(18)17-12-11-15(13-22)20(23-17)27-19(21(24)25)14-7-3-2-4-8-14/h2-12,19H,1H3,(H,24,25). The molecule has 1 heterocycles. The molecule has 2 aromatic carbocycles. The number of carboxylic acid groups (broad SMARTS) is 1. The number of para-hydroxylation sites is 1. The molecule has 0 spiro atoms. The SMILES string of the molecule is COc1ccccc1-c1ccc(C#N)c(SC(C(=O)O)c2ccccc2)n1. The highest BCUT2D eigenvalue weighted by molar-refractivity contribution is 8.00. The monoisotopic (exact) mass is 376 g/mol. The number of benzene rings is 2. The number of hydrogen-bond acceptors (Lipinski definition) is 5. The molecule has 0 saturated heterocycles. The van der Waals surface area contributed by atoms with E-state index in [1.54, 1.807) is 43.5 Å². The summed E-state index contributed by atoms with van der Waals surface area (Å²) in [6, 6.07) is 21.8. The zero-order valence-corrected chi connectivity index (χ0v) is 15.3. The molecule has 0 radical (unpaired) electrons. The number of carbonyl (C=O) groups is 1. The number of aromatic nitrogens is 1. The lowest BCUT2D eigenvalue weighted by molar-refractivity contribution is -0.136. The minimum atomic E-state index is -0.986. The molecule has 0 aliphatic rings. The summed E-state index contributed by atoms with van der Waals surface area (Å²) >= 11 is 1.05. The lowest BCUT2D eigenvalue weighted by Crippen LogP contribution is -2.08. The normalized spacial score (nSPS) is 11.4. The van der Waals surface area contributed by atoms with E-state index < -0.39 is 11.2 Å². The van der Waals surface area contributed by atoms with E-state index in [-0.39, 0.29) is 0 Å². The van der Waals surface area contributed by atoms with Crippen molar-refractivity contribution in [3.05, 3.63) is 77.9 Å². The van der Waals surface area contributed by atoms with Gasteiger partial charge < -0.3 is 9.84 Å². The maximum absolute atomic E-state index is 11.8. The van der Waals surface area contributed by atoms with Gasteiger partial charge in [-0.2, -0.15) is 5.26 Å². The first-order valence-electron chi connectivity index (χ1n) is 8.13. The largest absolute Gasteiger partial charge is 0.496 e. The number of nitrogens with zero attached hydrogens (tertiary/aromatic N) is 2. The quantitative estimate of drug-likeness (QED) is 0.636. The van der Waals surface area contributed by atoms with E-state index in [0.29, 0.717) is 27.6 Å². The van der Waals surface area contributed by atoms with Gasteiger partial charge in [0, 0.05) is 5.56 Å². The molecular weight excluding hydrogens is 360 g/mol. The van der Waals surface area contributed by atoms with Crippen LogP contribution in [0.25, 0.3) is 11.3 Å². The second-order valence-electron chi connectivity index (χ2n) is 5.61. The number of ether oxygens (including phenoxy) is 1. The third kappa shape index (κ3) is 4.10. The van der Waals surface area contributed by atoms with Crippen molar-refractivity contribution < 1.29 is 14.6 Å². The Morgan fingerprint density at radius 1 is 1.11 bits per heavy atom. The second-order valence-corrected chi connectivity index (χ2v) is 6.70. The van der Waals surface area contributed by atoms with Crippen molar-refractivity contribution in [1.29, 1.82) is 5.26 Å². The Balaban J connectivity index is 2.04. The van der Waals surface area contributed by atoms with E-state index in [2.05, 4.69) is 11.1 Å². The third-order valence-corrected chi connectivity index (χ3v) is 5.16. The fourth-order valence-electron chi connectivity index (χ4n) is 2.62. The Morgan fingerprint density at radius 3 is 2.48 bits per heavy atom. The Kier molecular flexibility index (Phi) is 5.74. The van der Waals surface area contributed by atoms with Gasteiger partial charge >= 0.3 is 5.97 Å².